The predicted octanol–water partition coefficient (Wildman–Crippen LogP) is 2.27. The Balaban J connectivity index is 1.73. The van der Waals surface area contributed by atoms with E-state index in [0.29, 0.717) is 23.7 Å². The SMILES string of the molecule is Fc1ccccc1Cc1noc([C@@H]2CCCNC2)n1. The Morgan fingerprint density at radius 2 is 2.26 bits per heavy atom. The van der Waals surface area contributed by atoms with E-state index in [0.717, 1.165) is 25.9 Å². The molecule has 1 saturated heterocycles. The maximum absolute atomic E-state index is 13.5. The van der Waals surface area contributed by atoms with E-state index in [2.05, 4.69) is 15.5 Å². The van der Waals surface area contributed by atoms with Gasteiger partial charge in [0.15, 0.2) is 5.82 Å². The summed E-state index contributed by atoms with van der Waals surface area (Å²) < 4.78 is 18.8. The number of rotatable bonds is 3. The van der Waals surface area contributed by atoms with Crippen molar-refractivity contribution in [1.29, 1.82) is 0 Å². The van der Waals surface area contributed by atoms with Crippen LogP contribution in [-0.2, 0) is 6.42 Å². The first kappa shape index (κ1) is 12.3. The minimum atomic E-state index is -0.229. The molecule has 1 aliphatic rings. The topological polar surface area (TPSA) is 51.0 Å². The Morgan fingerprint density at radius 3 is 3.05 bits per heavy atom. The van der Waals surface area contributed by atoms with Crippen LogP contribution in [0.25, 0.3) is 0 Å². The van der Waals surface area contributed by atoms with Gasteiger partial charge in [-0.25, -0.2) is 4.39 Å². The van der Waals surface area contributed by atoms with Gasteiger partial charge in [-0.1, -0.05) is 23.4 Å². The van der Waals surface area contributed by atoms with Gasteiger partial charge >= 0.3 is 0 Å². The summed E-state index contributed by atoms with van der Waals surface area (Å²) in [6.07, 6.45) is 2.56. The van der Waals surface area contributed by atoms with Gasteiger partial charge in [-0.2, -0.15) is 4.98 Å². The lowest BCUT2D eigenvalue weighted by molar-refractivity contribution is 0.320. The molecule has 1 aromatic heterocycles. The minimum absolute atomic E-state index is 0.229. The van der Waals surface area contributed by atoms with Gasteiger partial charge in [0.05, 0.1) is 5.92 Å². The average Bonchev–Trinajstić information content (AvgIpc) is 2.91. The highest BCUT2D eigenvalue weighted by molar-refractivity contribution is 5.20. The fraction of sp³-hybridized carbons (Fsp3) is 0.429. The highest BCUT2D eigenvalue weighted by Crippen LogP contribution is 2.22. The van der Waals surface area contributed by atoms with Crippen molar-refractivity contribution in [2.45, 2.75) is 25.2 Å². The molecule has 1 N–H and O–H groups in total. The Labute approximate surface area is 111 Å². The van der Waals surface area contributed by atoms with Gasteiger partial charge in [-0.15, -0.1) is 0 Å². The van der Waals surface area contributed by atoms with Crippen molar-refractivity contribution in [1.82, 2.24) is 15.5 Å². The van der Waals surface area contributed by atoms with Gasteiger partial charge in [0.1, 0.15) is 5.82 Å². The Morgan fingerprint density at radius 1 is 1.37 bits per heavy atom. The minimum Gasteiger partial charge on any atom is -0.339 e. The monoisotopic (exact) mass is 261 g/mol. The molecule has 1 fully saturated rings. The summed E-state index contributed by atoms with van der Waals surface area (Å²) in [7, 11) is 0. The van der Waals surface area contributed by atoms with Crippen LogP contribution < -0.4 is 5.32 Å². The van der Waals surface area contributed by atoms with Crippen LogP contribution in [0.3, 0.4) is 0 Å². The van der Waals surface area contributed by atoms with Crippen molar-refractivity contribution in [3.63, 3.8) is 0 Å². The molecule has 2 heterocycles. The first-order valence-corrected chi connectivity index (χ1v) is 6.59. The van der Waals surface area contributed by atoms with Gasteiger partial charge in [-0.3, -0.25) is 0 Å². The second-order valence-corrected chi connectivity index (χ2v) is 4.86. The third-order valence-corrected chi connectivity index (χ3v) is 3.44. The van der Waals surface area contributed by atoms with E-state index < -0.39 is 0 Å². The third-order valence-electron chi connectivity index (χ3n) is 3.44. The van der Waals surface area contributed by atoms with E-state index in [-0.39, 0.29) is 11.7 Å². The molecule has 19 heavy (non-hydrogen) atoms. The summed E-state index contributed by atoms with van der Waals surface area (Å²) in [5, 5.41) is 7.26. The number of piperidine rings is 1. The van der Waals surface area contributed by atoms with Crippen LogP contribution >= 0.6 is 0 Å². The molecule has 0 spiro atoms. The molecule has 3 rings (SSSR count). The molecule has 1 aliphatic heterocycles. The number of benzene rings is 1. The maximum Gasteiger partial charge on any atom is 0.231 e. The zero-order valence-corrected chi connectivity index (χ0v) is 10.6. The number of hydrogen-bond donors (Lipinski definition) is 1. The summed E-state index contributed by atoms with van der Waals surface area (Å²) in [6.45, 7) is 1.92. The standard InChI is InChI=1S/C14H16FN3O/c15-12-6-2-1-4-10(12)8-13-17-14(19-18-13)11-5-3-7-16-9-11/h1-2,4,6,11,16H,3,5,7-9H2/t11-/m1/s1. The first-order chi connectivity index (χ1) is 9.33. The van der Waals surface area contributed by atoms with E-state index >= 15 is 0 Å². The molecule has 0 amide bonds. The summed E-state index contributed by atoms with van der Waals surface area (Å²) in [6, 6.07) is 6.67. The van der Waals surface area contributed by atoms with Crippen molar-refractivity contribution in [2.75, 3.05) is 13.1 Å². The highest BCUT2D eigenvalue weighted by Gasteiger charge is 2.21. The largest absolute Gasteiger partial charge is 0.339 e. The molecule has 0 bridgehead atoms. The number of aromatic nitrogens is 2. The van der Waals surface area contributed by atoms with Gasteiger partial charge in [0, 0.05) is 13.0 Å². The molecule has 0 unspecified atom stereocenters. The van der Waals surface area contributed by atoms with Crippen LogP contribution in [0.2, 0.25) is 0 Å². The lowest BCUT2D eigenvalue weighted by atomic mass is 10.00. The summed E-state index contributed by atoms with van der Waals surface area (Å²) in [5.74, 6) is 1.27. The zero-order chi connectivity index (χ0) is 13.1. The fourth-order valence-electron chi connectivity index (χ4n) is 2.38. The molecule has 2 aromatic rings. The Bertz CT molecular complexity index is 549. The second kappa shape index (κ2) is 5.48. The molecule has 1 atom stereocenters. The molecule has 0 radical (unpaired) electrons. The van der Waals surface area contributed by atoms with Gasteiger partial charge in [-0.05, 0) is 31.0 Å². The molecular weight excluding hydrogens is 245 g/mol. The lowest BCUT2D eigenvalue weighted by Gasteiger charge is -2.18. The van der Waals surface area contributed by atoms with Crippen molar-refractivity contribution in [3.8, 4) is 0 Å². The van der Waals surface area contributed by atoms with Crippen molar-refractivity contribution >= 4 is 0 Å². The van der Waals surface area contributed by atoms with Crippen LogP contribution in [0.15, 0.2) is 28.8 Å². The molecule has 1 aromatic carbocycles. The van der Waals surface area contributed by atoms with E-state index in [4.69, 9.17) is 4.52 Å². The number of halogens is 1. The number of nitrogens with one attached hydrogen (secondary N) is 1. The molecule has 5 heteroatoms. The molecular formula is C14H16FN3O. The highest BCUT2D eigenvalue weighted by atomic mass is 19.1. The zero-order valence-electron chi connectivity index (χ0n) is 10.6. The summed E-state index contributed by atoms with van der Waals surface area (Å²) in [4.78, 5) is 4.39. The lowest BCUT2D eigenvalue weighted by Crippen LogP contribution is -2.28. The van der Waals surface area contributed by atoms with Crippen LogP contribution in [-0.4, -0.2) is 23.2 Å². The van der Waals surface area contributed by atoms with Crippen LogP contribution in [0, 0.1) is 5.82 Å². The van der Waals surface area contributed by atoms with E-state index in [1.807, 2.05) is 6.07 Å². The number of hydrogen-bond acceptors (Lipinski definition) is 4. The van der Waals surface area contributed by atoms with E-state index in [1.54, 1.807) is 12.1 Å². The summed E-state index contributed by atoms with van der Waals surface area (Å²) >= 11 is 0. The average molecular weight is 261 g/mol. The molecule has 0 saturated carbocycles. The summed E-state index contributed by atoms with van der Waals surface area (Å²) in [5.41, 5.74) is 0.594. The van der Waals surface area contributed by atoms with Gasteiger partial charge in [0.2, 0.25) is 5.89 Å². The maximum atomic E-state index is 13.5. The van der Waals surface area contributed by atoms with Crippen LogP contribution in [0.4, 0.5) is 4.39 Å². The van der Waals surface area contributed by atoms with E-state index in [1.165, 1.54) is 6.07 Å². The first-order valence-electron chi connectivity index (χ1n) is 6.59. The van der Waals surface area contributed by atoms with Crippen molar-refractivity contribution < 1.29 is 8.91 Å². The Hall–Kier alpha value is -1.75. The van der Waals surface area contributed by atoms with Gasteiger partial charge in [0.25, 0.3) is 0 Å². The number of nitrogens with zero attached hydrogens (tertiary/aromatic N) is 2. The third kappa shape index (κ3) is 2.81. The van der Waals surface area contributed by atoms with Crippen LogP contribution in [0.5, 0.6) is 0 Å². The van der Waals surface area contributed by atoms with Crippen molar-refractivity contribution in [2.24, 2.45) is 0 Å². The smallest absolute Gasteiger partial charge is 0.231 e. The van der Waals surface area contributed by atoms with Crippen LogP contribution in [0.1, 0.15) is 36.0 Å². The van der Waals surface area contributed by atoms with Gasteiger partial charge < -0.3 is 9.84 Å². The fourth-order valence-corrected chi connectivity index (χ4v) is 2.38. The van der Waals surface area contributed by atoms with E-state index in [9.17, 15) is 4.39 Å². The molecule has 4 nitrogen and oxygen atoms in total. The predicted molar refractivity (Wildman–Crippen MR) is 68.3 cm³/mol. The molecule has 0 aliphatic carbocycles. The normalized spacial score (nSPS) is 19.5. The Kier molecular flexibility index (Phi) is 3.55. The van der Waals surface area contributed by atoms with Crippen molar-refractivity contribution in [3.05, 3.63) is 47.4 Å². The quantitative estimate of drug-likeness (QED) is 0.920. The molecule has 100 valence electrons. The second-order valence-electron chi connectivity index (χ2n) is 4.86.